The minimum atomic E-state index is 0.601. The molecule has 17 heavy (non-hydrogen) atoms. The Morgan fingerprint density at radius 3 is 2.71 bits per heavy atom. The molecule has 0 heterocycles. The van der Waals surface area contributed by atoms with Gasteiger partial charge in [0.25, 0.3) is 0 Å². The summed E-state index contributed by atoms with van der Waals surface area (Å²) in [5.74, 6) is 0.775. The van der Waals surface area contributed by atoms with Crippen LogP contribution in [-0.2, 0) is 9.47 Å². The quantitative estimate of drug-likeness (QED) is 0.728. The van der Waals surface area contributed by atoms with Crippen molar-refractivity contribution < 1.29 is 14.2 Å². The van der Waals surface area contributed by atoms with Crippen molar-refractivity contribution >= 4 is 17.3 Å². The number of nitrogens with one attached hydrogen (secondary N) is 1. The number of ether oxygens (including phenoxy) is 3. The zero-order valence-corrected chi connectivity index (χ0v) is 10.9. The Labute approximate surface area is 107 Å². The van der Waals surface area contributed by atoms with Gasteiger partial charge in [-0.25, -0.2) is 0 Å². The van der Waals surface area contributed by atoms with E-state index in [1.165, 1.54) is 0 Å². The van der Waals surface area contributed by atoms with Gasteiger partial charge in [0, 0.05) is 19.7 Å². The van der Waals surface area contributed by atoms with Gasteiger partial charge in [0.2, 0.25) is 0 Å². The molecule has 0 unspecified atom stereocenters. The summed E-state index contributed by atoms with van der Waals surface area (Å²) in [6.45, 7) is 2.51. The molecule has 0 saturated carbocycles. The fraction of sp³-hybridized carbons (Fsp3) is 0.500. The average molecular weight is 260 g/mol. The topological polar surface area (TPSA) is 39.7 Å². The van der Waals surface area contributed by atoms with Crippen LogP contribution in [0.5, 0.6) is 5.75 Å². The van der Waals surface area contributed by atoms with Gasteiger partial charge in [-0.3, -0.25) is 0 Å². The Balaban J connectivity index is 2.30. The molecule has 0 radical (unpaired) electrons. The van der Waals surface area contributed by atoms with Crippen LogP contribution in [0, 0.1) is 0 Å². The lowest BCUT2D eigenvalue weighted by Crippen LogP contribution is -2.12. The number of hydrogen-bond acceptors (Lipinski definition) is 4. The van der Waals surface area contributed by atoms with Crippen LogP contribution in [0.2, 0.25) is 5.02 Å². The molecule has 0 atom stereocenters. The van der Waals surface area contributed by atoms with Gasteiger partial charge in [-0.2, -0.15) is 0 Å². The third-order valence-electron chi connectivity index (χ3n) is 2.17. The van der Waals surface area contributed by atoms with Crippen molar-refractivity contribution in [3.05, 3.63) is 23.2 Å². The lowest BCUT2D eigenvalue weighted by atomic mass is 10.3. The fourth-order valence-corrected chi connectivity index (χ4v) is 1.45. The van der Waals surface area contributed by atoms with Gasteiger partial charge < -0.3 is 19.5 Å². The molecule has 0 bridgehead atoms. The van der Waals surface area contributed by atoms with E-state index in [2.05, 4.69) is 5.32 Å². The molecule has 0 aliphatic heterocycles. The Morgan fingerprint density at radius 1 is 1.18 bits per heavy atom. The highest BCUT2D eigenvalue weighted by molar-refractivity contribution is 6.33. The second kappa shape index (κ2) is 8.17. The lowest BCUT2D eigenvalue weighted by molar-refractivity contribution is 0.0759. The fourth-order valence-electron chi connectivity index (χ4n) is 1.27. The molecule has 0 spiro atoms. The van der Waals surface area contributed by atoms with E-state index >= 15 is 0 Å². The van der Waals surface area contributed by atoms with Gasteiger partial charge in [0.1, 0.15) is 5.75 Å². The largest absolute Gasteiger partial charge is 0.497 e. The molecule has 1 N–H and O–H groups in total. The van der Waals surface area contributed by atoms with Crippen LogP contribution in [-0.4, -0.2) is 40.6 Å². The van der Waals surface area contributed by atoms with E-state index in [0.29, 0.717) is 31.4 Å². The summed E-state index contributed by atoms with van der Waals surface area (Å²) in [4.78, 5) is 0. The summed E-state index contributed by atoms with van der Waals surface area (Å²) in [7, 11) is 3.28. The molecule has 0 saturated heterocycles. The van der Waals surface area contributed by atoms with E-state index in [0.717, 1.165) is 11.4 Å². The predicted octanol–water partition coefficient (Wildman–Crippen LogP) is 2.42. The summed E-state index contributed by atoms with van der Waals surface area (Å²) in [6.07, 6.45) is 0. The van der Waals surface area contributed by atoms with E-state index in [1.807, 2.05) is 12.1 Å². The summed E-state index contributed by atoms with van der Waals surface area (Å²) >= 11 is 6.04. The molecule has 96 valence electrons. The minimum absolute atomic E-state index is 0.601. The maximum Gasteiger partial charge on any atom is 0.121 e. The van der Waals surface area contributed by atoms with Crippen LogP contribution < -0.4 is 10.1 Å². The Bertz CT molecular complexity index is 334. The molecular formula is C12H18ClNO3. The zero-order valence-electron chi connectivity index (χ0n) is 10.2. The van der Waals surface area contributed by atoms with E-state index in [4.69, 9.17) is 25.8 Å². The Morgan fingerprint density at radius 2 is 2.00 bits per heavy atom. The van der Waals surface area contributed by atoms with Gasteiger partial charge in [0.15, 0.2) is 0 Å². The highest BCUT2D eigenvalue weighted by Crippen LogP contribution is 2.26. The molecular weight excluding hydrogens is 242 g/mol. The van der Waals surface area contributed by atoms with Crippen molar-refractivity contribution in [3.8, 4) is 5.75 Å². The van der Waals surface area contributed by atoms with Crippen molar-refractivity contribution in [3.63, 3.8) is 0 Å². The number of hydrogen-bond donors (Lipinski definition) is 1. The van der Waals surface area contributed by atoms with Gasteiger partial charge in [-0.1, -0.05) is 11.6 Å². The van der Waals surface area contributed by atoms with Crippen molar-refractivity contribution in [1.29, 1.82) is 0 Å². The molecule has 1 rings (SSSR count). The van der Waals surface area contributed by atoms with Crippen LogP contribution in [0.1, 0.15) is 0 Å². The van der Waals surface area contributed by atoms with Crippen molar-refractivity contribution in [2.75, 3.05) is 45.9 Å². The standard InChI is InChI=1S/C12H18ClNO3/c1-15-7-8-17-6-5-14-12-9-10(16-2)3-4-11(12)13/h3-4,9,14H,5-8H2,1-2H3. The normalized spacial score (nSPS) is 10.3. The first kappa shape index (κ1) is 14.1. The predicted molar refractivity (Wildman–Crippen MR) is 69.2 cm³/mol. The van der Waals surface area contributed by atoms with Gasteiger partial charge in [0.05, 0.1) is 37.6 Å². The first-order chi connectivity index (χ1) is 8.27. The van der Waals surface area contributed by atoms with Crippen molar-refractivity contribution in [2.45, 2.75) is 0 Å². The maximum absolute atomic E-state index is 6.04. The summed E-state index contributed by atoms with van der Waals surface area (Å²) in [5, 5.41) is 3.86. The number of benzene rings is 1. The number of methoxy groups -OCH3 is 2. The average Bonchev–Trinajstić information content (AvgIpc) is 2.35. The van der Waals surface area contributed by atoms with Crippen LogP contribution in [0.25, 0.3) is 0 Å². The molecule has 5 heteroatoms. The molecule has 1 aromatic rings. The molecule has 0 aliphatic rings. The van der Waals surface area contributed by atoms with Gasteiger partial charge in [-0.15, -0.1) is 0 Å². The van der Waals surface area contributed by atoms with E-state index in [1.54, 1.807) is 20.3 Å². The van der Waals surface area contributed by atoms with Gasteiger partial charge >= 0.3 is 0 Å². The summed E-state index contributed by atoms with van der Waals surface area (Å²) < 4.78 is 15.3. The van der Waals surface area contributed by atoms with Crippen molar-refractivity contribution in [2.24, 2.45) is 0 Å². The van der Waals surface area contributed by atoms with Crippen molar-refractivity contribution in [1.82, 2.24) is 0 Å². The zero-order chi connectivity index (χ0) is 12.5. The third kappa shape index (κ3) is 5.26. The number of rotatable bonds is 8. The van der Waals surface area contributed by atoms with E-state index in [-0.39, 0.29) is 0 Å². The highest BCUT2D eigenvalue weighted by Gasteiger charge is 2.01. The second-order valence-corrected chi connectivity index (χ2v) is 3.78. The molecule has 4 nitrogen and oxygen atoms in total. The molecule has 1 aromatic carbocycles. The van der Waals surface area contributed by atoms with E-state index in [9.17, 15) is 0 Å². The minimum Gasteiger partial charge on any atom is -0.497 e. The molecule has 0 aromatic heterocycles. The van der Waals surface area contributed by atoms with Crippen LogP contribution in [0.15, 0.2) is 18.2 Å². The molecule has 0 fully saturated rings. The number of halogens is 1. The summed E-state index contributed by atoms with van der Waals surface area (Å²) in [6, 6.07) is 5.48. The smallest absolute Gasteiger partial charge is 0.121 e. The van der Waals surface area contributed by atoms with E-state index < -0.39 is 0 Å². The monoisotopic (exact) mass is 259 g/mol. The number of anilines is 1. The molecule has 0 aliphatic carbocycles. The third-order valence-corrected chi connectivity index (χ3v) is 2.50. The summed E-state index contributed by atoms with van der Waals surface area (Å²) in [5.41, 5.74) is 0.848. The van der Waals surface area contributed by atoms with Crippen LogP contribution >= 0.6 is 11.6 Å². The lowest BCUT2D eigenvalue weighted by Gasteiger charge is -2.10. The first-order valence-electron chi connectivity index (χ1n) is 5.42. The maximum atomic E-state index is 6.04. The molecule has 0 amide bonds. The first-order valence-corrected chi connectivity index (χ1v) is 5.80. The SMILES string of the molecule is COCCOCCNc1cc(OC)ccc1Cl. The Kier molecular flexibility index (Phi) is 6.77. The second-order valence-electron chi connectivity index (χ2n) is 3.38. The van der Waals surface area contributed by atoms with Crippen LogP contribution in [0.3, 0.4) is 0 Å². The van der Waals surface area contributed by atoms with Gasteiger partial charge in [-0.05, 0) is 12.1 Å². The van der Waals surface area contributed by atoms with Crippen LogP contribution in [0.4, 0.5) is 5.69 Å². The highest BCUT2D eigenvalue weighted by atomic mass is 35.5. The Hall–Kier alpha value is -0.970.